The van der Waals surface area contributed by atoms with Gasteiger partial charge in [0, 0.05) is 15.7 Å². The van der Waals surface area contributed by atoms with Crippen LogP contribution in [-0.4, -0.2) is 20.7 Å². The fraction of sp³-hybridized carbons (Fsp3) is 0.174. The Balaban J connectivity index is 1.86. The van der Waals surface area contributed by atoms with E-state index < -0.39 is 5.54 Å². The van der Waals surface area contributed by atoms with Crippen molar-refractivity contribution >= 4 is 41.2 Å². The van der Waals surface area contributed by atoms with Crippen molar-refractivity contribution in [3.63, 3.8) is 0 Å². The zero-order chi connectivity index (χ0) is 19.2. The van der Waals surface area contributed by atoms with Crippen molar-refractivity contribution in [1.29, 1.82) is 0 Å². The van der Waals surface area contributed by atoms with E-state index in [1.54, 1.807) is 0 Å². The number of benzene rings is 3. The molecule has 0 aliphatic carbocycles. The van der Waals surface area contributed by atoms with Gasteiger partial charge in [0.2, 0.25) is 0 Å². The Morgan fingerprint density at radius 2 is 1.21 bits per heavy atom. The van der Waals surface area contributed by atoms with Crippen molar-refractivity contribution in [1.82, 2.24) is 5.32 Å². The summed E-state index contributed by atoms with van der Waals surface area (Å²) < 4.78 is 0.186. The smallest absolute Gasteiger partial charge is 0.252 e. The summed E-state index contributed by atoms with van der Waals surface area (Å²) in [5.74, 6) is -0.0484. The van der Waals surface area contributed by atoms with Crippen molar-refractivity contribution < 1.29 is 4.79 Å². The molecule has 0 bridgehead atoms. The molecule has 1 N–H and O–H groups in total. The number of carbonyl (C=O) groups is 1. The van der Waals surface area contributed by atoms with Gasteiger partial charge in [-0.05, 0) is 23.3 Å². The normalized spacial score (nSPS) is 15.1. The summed E-state index contributed by atoms with van der Waals surface area (Å²) in [7, 11) is 0. The van der Waals surface area contributed by atoms with Crippen LogP contribution < -0.4 is 5.32 Å². The third kappa shape index (κ3) is 3.97. The Morgan fingerprint density at radius 1 is 0.750 bits per heavy atom. The van der Waals surface area contributed by atoms with E-state index in [0.717, 1.165) is 21.3 Å². The number of carbonyl (C=O) groups excluding carboxylic acids is 1. The van der Waals surface area contributed by atoms with Crippen LogP contribution in [-0.2, 0) is 5.54 Å². The first kappa shape index (κ1) is 19.5. The van der Waals surface area contributed by atoms with Crippen LogP contribution in [0.2, 0.25) is 0 Å². The van der Waals surface area contributed by atoms with Crippen LogP contribution in [0.3, 0.4) is 0 Å². The van der Waals surface area contributed by atoms with Gasteiger partial charge in [0.25, 0.3) is 5.91 Å². The maximum Gasteiger partial charge on any atom is 0.252 e. The maximum atomic E-state index is 13.3. The van der Waals surface area contributed by atoms with Gasteiger partial charge in [0.1, 0.15) is 5.54 Å². The van der Waals surface area contributed by atoms with E-state index in [4.69, 9.17) is 0 Å². The molecule has 1 fully saturated rings. The van der Waals surface area contributed by atoms with Crippen molar-refractivity contribution in [2.75, 3.05) is 10.2 Å². The van der Waals surface area contributed by atoms with Gasteiger partial charge >= 0.3 is 0 Å². The van der Waals surface area contributed by atoms with Crippen LogP contribution in [0.25, 0.3) is 0 Å². The first-order valence-corrected chi connectivity index (χ1v) is 12.4. The van der Waals surface area contributed by atoms with E-state index in [9.17, 15) is 4.79 Å². The molecule has 28 heavy (non-hydrogen) atoms. The molecule has 1 amide bonds. The van der Waals surface area contributed by atoms with E-state index >= 15 is 0 Å². The van der Waals surface area contributed by atoms with E-state index in [-0.39, 0.29) is 10.5 Å². The molecule has 1 aliphatic heterocycles. The standard InChI is InChI=1S/C23H21NOS3/c25-21(18-10-4-1-5-11-18)24-23(19-12-6-2-7-13-19,20-14-8-3-9-15-20)22-27-16-26-17-28-22/h1-15,22H,16-17H2,(H,24,25). The highest BCUT2D eigenvalue weighted by Crippen LogP contribution is 2.49. The average molecular weight is 424 g/mol. The molecule has 0 unspecified atom stereocenters. The molecule has 5 heteroatoms. The molecular weight excluding hydrogens is 402 g/mol. The molecule has 0 atom stereocenters. The van der Waals surface area contributed by atoms with Gasteiger partial charge < -0.3 is 5.32 Å². The van der Waals surface area contributed by atoms with Crippen LogP contribution in [0.5, 0.6) is 0 Å². The number of hydrogen-bond donors (Lipinski definition) is 1. The second-order valence-electron chi connectivity index (χ2n) is 6.47. The number of amides is 1. The van der Waals surface area contributed by atoms with Crippen molar-refractivity contribution in [2.45, 2.75) is 10.1 Å². The number of rotatable bonds is 5. The van der Waals surface area contributed by atoms with Gasteiger partial charge in [-0.1, -0.05) is 78.9 Å². The van der Waals surface area contributed by atoms with E-state index in [2.05, 4.69) is 53.8 Å². The van der Waals surface area contributed by atoms with Crippen molar-refractivity contribution in [3.05, 3.63) is 108 Å². The lowest BCUT2D eigenvalue weighted by Gasteiger charge is -2.43. The molecule has 0 radical (unpaired) electrons. The van der Waals surface area contributed by atoms with Gasteiger partial charge in [-0.25, -0.2) is 0 Å². The summed E-state index contributed by atoms with van der Waals surface area (Å²) in [6, 6.07) is 30.2. The monoisotopic (exact) mass is 423 g/mol. The summed E-state index contributed by atoms with van der Waals surface area (Å²) in [5, 5.41) is 5.52. The largest absolute Gasteiger partial charge is 0.336 e. The summed E-state index contributed by atoms with van der Waals surface area (Å²) in [5.41, 5.74) is 2.30. The predicted octanol–water partition coefficient (Wildman–Crippen LogP) is 5.81. The molecule has 0 spiro atoms. The lowest BCUT2D eigenvalue weighted by atomic mass is 9.83. The van der Waals surface area contributed by atoms with Crippen molar-refractivity contribution in [3.8, 4) is 0 Å². The molecule has 1 aliphatic rings. The third-order valence-corrected chi connectivity index (χ3v) is 9.32. The molecule has 3 aromatic rings. The van der Waals surface area contributed by atoms with E-state index in [1.807, 2.05) is 77.8 Å². The predicted molar refractivity (Wildman–Crippen MR) is 124 cm³/mol. The van der Waals surface area contributed by atoms with Crippen molar-refractivity contribution in [2.24, 2.45) is 0 Å². The number of thioether (sulfide) groups is 3. The summed E-state index contributed by atoms with van der Waals surface area (Å²) in [6.45, 7) is 0. The molecule has 1 heterocycles. The lowest BCUT2D eigenvalue weighted by molar-refractivity contribution is 0.0918. The topological polar surface area (TPSA) is 29.1 Å². The van der Waals surface area contributed by atoms with Gasteiger partial charge in [-0.3, -0.25) is 4.79 Å². The van der Waals surface area contributed by atoms with Gasteiger partial charge in [0.15, 0.2) is 0 Å². The molecule has 0 aromatic heterocycles. The number of hydrogen-bond acceptors (Lipinski definition) is 4. The minimum Gasteiger partial charge on any atom is -0.336 e. The molecular formula is C23H21NOS3. The molecule has 1 saturated heterocycles. The Bertz CT molecular complexity index is 857. The molecule has 3 aromatic carbocycles. The minimum atomic E-state index is -0.605. The highest BCUT2D eigenvalue weighted by atomic mass is 32.3. The molecule has 142 valence electrons. The SMILES string of the molecule is O=C(NC(c1ccccc1)(c1ccccc1)C1SCSCS1)c1ccccc1. The second kappa shape index (κ2) is 9.12. The first-order valence-electron chi connectivity index (χ1n) is 9.10. The average Bonchev–Trinajstić information content (AvgIpc) is 2.80. The zero-order valence-corrected chi connectivity index (χ0v) is 17.7. The Hall–Kier alpha value is -1.82. The minimum absolute atomic E-state index is 0.0484. The van der Waals surface area contributed by atoms with Gasteiger partial charge in [0.05, 0.1) is 4.58 Å². The highest BCUT2D eigenvalue weighted by Gasteiger charge is 2.45. The highest BCUT2D eigenvalue weighted by molar-refractivity contribution is 8.32. The van der Waals surface area contributed by atoms with E-state index in [0.29, 0.717) is 5.56 Å². The third-order valence-electron chi connectivity index (χ3n) is 4.76. The van der Waals surface area contributed by atoms with Crippen LogP contribution in [0.1, 0.15) is 21.5 Å². The zero-order valence-electron chi connectivity index (χ0n) is 15.3. The van der Waals surface area contributed by atoms with Gasteiger partial charge in [-0.15, -0.1) is 35.3 Å². The first-order chi connectivity index (χ1) is 13.8. The summed E-state index contributed by atoms with van der Waals surface area (Å²) in [6.07, 6.45) is 0. The van der Waals surface area contributed by atoms with Crippen LogP contribution in [0.15, 0.2) is 91.0 Å². The van der Waals surface area contributed by atoms with Crippen LogP contribution in [0.4, 0.5) is 0 Å². The molecule has 0 saturated carbocycles. The quantitative estimate of drug-likeness (QED) is 0.560. The lowest BCUT2D eigenvalue weighted by Crippen LogP contribution is -2.53. The van der Waals surface area contributed by atoms with E-state index in [1.165, 1.54) is 0 Å². The van der Waals surface area contributed by atoms with Crippen LogP contribution in [0, 0.1) is 0 Å². The Morgan fingerprint density at radius 3 is 1.71 bits per heavy atom. The maximum absolute atomic E-state index is 13.3. The molecule has 2 nitrogen and oxygen atoms in total. The summed E-state index contributed by atoms with van der Waals surface area (Å²) in [4.78, 5) is 13.3. The second-order valence-corrected chi connectivity index (χ2v) is 10.7. The summed E-state index contributed by atoms with van der Waals surface area (Å²) >= 11 is 5.75. The number of nitrogens with one attached hydrogen (secondary N) is 1. The Kier molecular flexibility index (Phi) is 6.35. The van der Waals surface area contributed by atoms with Gasteiger partial charge in [-0.2, -0.15) is 0 Å². The van der Waals surface area contributed by atoms with Crippen LogP contribution >= 0.6 is 35.3 Å². The Labute approximate surface area is 178 Å². The fourth-order valence-electron chi connectivity index (χ4n) is 3.44. The fourth-order valence-corrected chi connectivity index (χ4v) is 8.63. The molecule has 4 rings (SSSR count).